The van der Waals surface area contributed by atoms with Crippen molar-refractivity contribution in [3.63, 3.8) is 0 Å². The van der Waals surface area contributed by atoms with Crippen molar-refractivity contribution in [3.8, 4) is 89.7 Å². The van der Waals surface area contributed by atoms with Gasteiger partial charge in [0.2, 0.25) is 0 Å². The molecule has 10 rings (SSSR count). The summed E-state index contributed by atoms with van der Waals surface area (Å²) < 4.78 is 29.7. The summed E-state index contributed by atoms with van der Waals surface area (Å²) in [4.78, 5) is 10.6. The minimum absolute atomic E-state index is 0.00556. The first-order chi connectivity index (χ1) is 35.8. The molecule has 0 aliphatic rings. The van der Waals surface area contributed by atoms with E-state index in [0.29, 0.717) is 28.1 Å². The second-order valence-corrected chi connectivity index (χ2v) is 21.2. The van der Waals surface area contributed by atoms with E-state index in [9.17, 15) is 9.22 Å². The molecule has 0 unspecified atom stereocenters. The van der Waals surface area contributed by atoms with Crippen LogP contribution in [0.1, 0.15) is 112 Å². The Balaban J connectivity index is 1.22. The summed E-state index contributed by atoms with van der Waals surface area (Å²) in [6.07, 6.45) is 1.88. The van der Waals surface area contributed by atoms with Crippen molar-refractivity contribution in [2.45, 2.75) is 92.3 Å². The van der Waals surface area contributed by atoms with E-state index in [1.807, 2.05) is 53.2 Å². The average molecular weight is 943 g/mol. The van der Waals surface area contributed by atoms with Gasteiger partial charge in [-0.05, 0) is 163 Å². The number of aromatic hydroxyl groups is 1. The van der Waals surface area contributed by atoms with Gasteiger partial charge in [-0.2, -0.15) is 0 Å². The molecule has 0 saturated carbocycles. The van der Waals surface area contributed by atoms with E-state index in [4.69, 9.17) is 9.97 Å². The summed E-state index contributed by atoms with van der Waals surface area (Å²) in [5.41, 5.74) is 18.6. The highest BCUT2D eigenvalue weighted by molar-refractivity contribution is 5.98. The highest BCUT2D eigenvalue weighted by atomic mass is 16.3. The van der Waals surface area contributed by atoms with Gasteiger partial charge in [0.15, 0.2) is 0 Å². The smallest absolute Gasteiger partial charge is 0.149 e. The van der Waals surface area contributed by atoms with E-state index < -0.39 is 6.85 Å². The van der Waals surface area contributed by atoms with Crippen LogP contribution in [-0.2, 0) is 5.41 Å². The number of imidazole rings is 1. The molecule has 2 aromatic heterocycles. The number of rotatable bonds is 11. The number of aryl methyl sites for hydroxylation is 1. The monoisotopic (exact) mass is 943 g/mol. The van der Waals surface area contributed by atoms with E-state index in [0.717, 1.165) is 78.0 Å². The van der Waals surface area contributed by atoms with Crippen LogP contribution in [0.4, 0.5) is 0 Å². The van der Waals surface area contributed by atoms with Gasteiger partial charge in [-0.1, -0.05) is 190 Å². The summed E-state index contributed by atoms with van der Waals surface area (Å²) in [7, 11) is 0. The molecule has 4 nitrogen and oxygen atoms in total. The Labute approximate surface area is 431 Å². The Bertz CT molecular complexity index is 3710. The van der Waals surface area contributed by atoms with Crippen LogP contribution in [0.15, 0.2) is 188 Å². The standard InChI is InChI=1S/C68H65N3O/c1-42(2)52-39-58(44(5)6)66(72)59(40-52)67-70-65-57(24-18-26-63(65)71(67)62-32-31-51(35-45(62)7)64-56(43(3)4)23-17-25-60(64)68(8,9)10)54-36-53(47-21-15-12-16-22-47)37-55(38-54)61-41-50(33-34-69-61)49-29-27-48(28-30-49)46-19-13-11-14-20-46/h11-44,72H,1-10H3/i7D3. The average Bonchev–Trinajstić information content (AvgIpc) is 3.82. The zero-order valence-corrected chi connectivity index (χ0v) is 42.9. The predicted octanol–water partition coefficient (Wildman–Crippen LogP) is 18.8. The molecule has 0 amide bonds. The first kappa shape index (κ1) is 44.1. The lowest BCUT2D eigenvalue weighted by molar-refractivity contribution is 0.466. The Morgan fingerprint density at radius 3 is 1.76 bits per heavy atom. The van der Waals surface area contributed by atoms with E-state index in [2.05, 4.69) is 202 Å². The van der Waals surface area contributed by atoms with Crippen molar-refractivity contribution >= 4 is 11.0 Å². The van der Waals surface area contributed by atoms with Crippen LogP contribution in [0.2, 0.25) is 0 Å². The van der Waals surface area contributed by atoms with E-state index in [1.54, 1.807) is 0 Å². The molecule has 0 saturated heterocycles. The number of phenolic OH excluding ortho intramolecular Hbond substituents is 1. The normalized spacial score (nSPS) is 12.7. The molecule has 72 heavy (non-hydrogen) atoms. The lowest BCUT2D eigenvalue weighted by atomic mass is 9.78. The summed E-state index contributed by atoms with van der Waals surface area (Å²) in [6, 6.07) is 62.8. The van der Waals surface area contributed by atoms with Gasteiger partial charge in [-0.15, -0.1) is 0 Å². The summed E-state index contributed by atoms with van der Waals surface area (Å²) in [5, 5.41) is 12.4. The van der Waals surface area contributed by atoms with Crippen molar-refractivity contribution in [1.82, 2.24) is 14.5 Å². The van der Waals surface area contributed by atoms with Crippen LogP contribution < -0.4 is 0 Å². The molecular formula is C68H65N3O. The zero-order valence-electron chi connectivity index (χ0n) is 45.9. The molecule has 1 N–H and O–H groups in total. The molecule has 0 aliphatic carbocycles. The third kappa shape index (κ3) is 9.19. The number of phenols is 1. The van der Waals surface area contributed by atoms with Crippen LogP contribution in [0.5, 0.6) is 5.75 Å². The first-order valence-electron chi connectivity index (χ1n) is 26.9. The van der Waals surface area contributed by atoms with Crippen molar-refractivity contribution < 1.29 is 9.22 Å². The molecule has 0 fully saturated rings. The molecule has 4 heteroatoms. The Morgan fingerprint density at radius 1 is 0.500 bits per heavy atom. The van der Waals surface area contributed by atoms with Gasteiger partial charge in [0.25, 0.3) is 0 Å². The van der Waals surface area contributed by atoms with Gasteiger partial charge >= 0.3 is 0 Å². The van der Waals surface area contributed by atoms with Crippen LogP contribution in [-0.4, -0.2) is 19.6 Å². The third-order valence-electron chi connectivity index (χ3n) is 14.2. The van der Waals surface area contributed by atoms with E-state index >= 15 is 0 Å². The quantitative estimate of drug-likeness (QED) is 0.141. The topological polar surface area (TPSA) is 50.9 Å². The maximum Gasteiger partial charge on any atom is 0.149 e. The Morgan fingerprint density at radius 2 is 1.11 bits per heavy atom. The summed E-state index contributed by atoms with van der Waals surface area (Å²) in [5.74, 6) is 0.943. The minimum atomic E-state index is -2.53. The number of benzene rings is 8. The number of hydrogen-bond donors (Lipinski definition) is 1. The van der Waals surface area contributed by atoms with Gasteiger partial charge < -0.3 is 5.11 Å². The molecular weight excluding hydrogens is 875 g/mol. The zero-order chi connectivity index (χ0) is 52.9. The predicted molar refractivity (Wildman–Crippen MR) is 304 cm³/mol. The lowest BCUT2D eigenvalue weighted by Crippen LogP contribution is -2.14. The fraction of sp³-hybridized carbons (Fsp3) is 0.206. The Hall–Kier alpha value is -7.82. The minimum Gasteiger partial charge on any atom is -0.507 e. The lowest BCUT2D eigenvalue weighted by Gasteiger charge is -2.27. The Kier molecular flexibility index (Phi) is 11.9. The van der Waals surface area contributed by atoms with E-state index in [-0.39, 0.29) is 34.5 Å². The second kappa shape index (κ2) is 19.4. The van der Waals surface area contributed by atoms with Crippen molar-refractivity contribution in [3.05, 3.63) is 216 Å². The third-order valence-corrected chi connectivity index (χ3v) is 14.2. The molecule has 8 aromatic carbocycles. The largest absolute Gasteiger partial charge is 0.507 e. The number of para-hydroxylation sites is 1. The fourth-order valence-electron chi connectivity index (χ4n) is 10.2. The first-order valence-corrected chi connectivity index (χ1v) is 25.4. The van der Waals surface area contributed by atoms with E-state index in [1.165, 1.54) is 11.1 Å². The molecule has 0 radical (unpaired) electrons. The number of hydrogen-bond acceptors (Lipinski definition) is 3. The van der Waals surface area contributed by atoms with Crippen molar-refractivity contribution in [1.29, 1.82) is 0 Å². The number of pyridine rings is 1. The van der Waals surface area contributed by atoms with Gasteiger partial charge in [-0.25, -0.2) is 4.98 Å². The fourth-order valence-corrected chi connectivity index (χ4v) is 10.2. The number of nitrogens with zero attached hydrogens (tertiary/aromatic N) is 3. The maximum absolute atomic E-state index is 12.4. The number of aromatic nitrogens is 3. The molecule has 358 valence electrons. The van der Waals surface area contributed by atoms with Crippen molar-refractivity contribution in [2.75, 3.05) is 0 Å². The summed E-state index contributed by atoms with van der Waals surface area (Å²) >= 11 is 0. The van der Waals surface area contributed by atoms with Gasteiger partial charge in [0.05, 0.1) is 28.0 Å². The van der Waals surface area contributed by atoms with Gasteiger partial charge in [-0.3, -0.25) is 9.55 Å². The van der Waals surface area contributed by atoms with Crippen LogP contribution in [0.3, 0.4) is 0 Å². The van der Waals surface area contributed by atoms with Gasteiger partial charge in [0, 0.05) is 21.4 Å². The molecule has 0 atom stereocenters. The molecule has 0 aliphatic heterocycles. The van der Waals surface area contributed by atoms with Gasteiger partial charge in [0.1, 0.15) is 11.6 Å². The highest BCUT2D eigenvalue weighted by Crippen LogP contribution is 2.45. The molecule has 0 bridgehead atoms. The second-order valence-electron chi connectivity index (χ2n) is 21.2. The van der Waals surface area contributed by atoms with Crippen LogP contribution >= 0.6 is 0 Å². The maximum atomic E-state index is 12.4. The SMILES string of the molecule is [2H]C([2H])([2H])c1cc(-c2c(C(C)C)cccc2C(C)(C)C)ccc1-n1c(-c2cc(C(C)C)cc(C(C)C)c2O)nc2c(-c3cc(-c4ccccc4)cc(-c4cc(-c5ccc(-c6ccccc6)cc5)ccn4)c3)cccc21. The number of fused-ring (bicyclic) bond motifs is 1. The van der Waals surface area contributed by atoms with Crippen molar-refractivity contribution in [2.24, 2.45) is 0 Å². The van der Waals surface area contributed by atoms with Crippen LogP contribution in [0.25, 0.3) is 95.0 Å². The van der Waals surface area contributed by atoms with Crippen LogP contribution in [0, 0.1) is 6.85 Å². The molecule has 2 heterocycles. The molecule has 10 aromatic rings. The summed E-state index contributed by atoms with van der Waals surface area (Å²) in [6.45, 7) is 16.9. The molecule has 0 spiro atoms. The highest BCUT2D eigenvalue weighted by Gasteiger charge is 2.26.